The highest BCUT2D eigenvalue weighted by Gasteiger charge is 2.18. The second-order valence-electron chi connectivity index (χ2n) is 6.58. The van der Waals surface area contributed by atoms with Gasteiger partial charge in [-0.25, -0.2) is 9.36 Å². The SMILES string of the molecule is Cc1c(C(=O)NCc2cn(CC(=O)O)nn2)nnn1-c1ccc(OC(C)C)cc1. The molecular weight excluding hydrogens is 378 g/mol. The maximum atomic E-state index is 12.4. The standard InChI is InChI=1S/C18H21N7O4/c1-11(2)29-15-6-4-14(5-7-15)25-12(3)17(21-23-25)18(28)19-8-13-9-24(22-20-13)10-16(26)27/h4-7,9,11H,8,10H2,1-3H3,(H,19,28)(H,26,27). The Bertz CT molecular complexity index is 1010. The predicted octanol–water partition coefficient (Wildman–Crippen LogP) is 0.969. The number of aromatic nitrogens is 6. The zero-order valence-corrected chi connectivity index (χ0v) is 16.2. The Morgan fingerprint density at radius 1 is 1.17 bits per heavy atom. The second kappa shape index (κ2) is 8.50. The summed E-state index contributed by atoms with van der Waals surface area (Å²) in [7, 11) is 0. The maximum absolute atomic E-state index is 12.4. The summed E-state index contributed by atoms with van der Waals surface area (Å²) in [5.41, 5.74) is 1.95. The molecule has 0 unspecified atom stereocenters. The summed E-state index contributed by atoms with van der Waals surface area (Å²) in [5.74, 6) is -0.696. The molecule has 0 aliphatic heterocycles. The number of carbonyl (C=O) groups excluding carboxylic acids is 1. The first-order valence-electron chi connectivity index (χ1n) is 8.92. The number of benzene rings is 1. The molecular formula is C18H21N7O4. The molecule has 0 fully saturated rings. The van der Waals surface area contributed by atoms with Crippen molar-refractivity contribution in [1.82, 2.24) is 35.3 Å². The smallest absolute Gasteiger partial charge is 0.325 e. The zero-order valence-electron chi connectivity index (χ0n) is 16.2. The van der Waals surface area contributed by atoms with Gasteiger partial charge in [0, 0.05) is 0 Å². The van der Waals surface area contributed by atoms with Crippen LogP contribution in [0.15, 0.2) is 30.5 Å². The number of carboxylic acids is 1. The van der Waals surface area contributed by atoms with Crippen LogP contribution in [-0.4, -0.2) is 53.1 Å². The van der Waals surface area contributed by atoms with Crippen LogP contribution in [0, 0.1) is 6.92 Å². The van der Waals surface area contributed by atoms with Crippen molar-refractivity contribution in [3.63, 3.8) is 0 Å². The van der Waals surface area contributed by atoms with E-state index in [0.717, 1.165) is 11.4 Å². The summed E-state index contributed by atoms with van der Waals surface area (Å²) in [6.45, 7) is 5.44. The molecule has 0 saturated heterocycles. The molecule has 0 spiro atoms. The van der Waals surface area contributed by atoms with E-state index in [1.165, 1.54) is 10.9 Å². The first-order valence-corrected chi connectivity index (χ1v) is 8.92. The van der Waals surface area contributed by atoms with Crippen LogP contribution in [0.3, 0.4) is 0 Å². The number of rotatable bonds is 8. The van der Waals surface area contributed by atoms with Crippen LogP contribution in [0.25, 0.3) is 5.69 Å². The number of nitrogens with zero attached hydrogens (tertiary/aromatic N) is 6. The molecule has 2 heterocycles. The van der Waals surface area contributed by atoms with Gasteiger partial charge in [0.1, 0.15) is 18.0 Å². The van der Waals surface area contributed by atoms with Crippen molar-refractivity contribution in [1.29, 1.82) is 0 Å². The molecule has 11 heteroatoms. The fourth-order valence-electron chi connectivity index (χ4n) is 2.61. The van der Waals surface area contributed by atoms with E-state index in [2.05, 4.69) is 25.9 Å². The molecule has 0 aliphatic carbocycles. The minimum Gasteiger partial charge on any atom is -0.491 e. The Kier molecular flexibility index (Phi) is 5.86. The van der Waals surface area contributed by atoms with E-state index < -0.39 is 11.9 Å². The number of nitrogens with one attached hydrogen (secondary N) is 1. The van der Waals surface area contributed by atoms with E-state index in [-0.39, 0.29) is 24.9 Å². The van der Waals surface area contributed by atoms with Crippen LogP contribution >= 0.6 is 0 Å². The highest BCUT2D eigenvalue weighted by Crippen LogP contribution is 2.18. The number of carbonyl (C=O) groups is 2. The van der Waals surface area contributed by atoms with E-state index in [1.807, 2.05) is 38.1 Å². The van der Waals surface area contributed by atoms with Crippen LogP contribution in [-0.2, 0) is 17.9 Å². The monoisotopic (exact) mass is 399 g/mol. The molecule has 0 aliphatic rings. The lowest BCUT2D eigenvalue weighted by Gasteiger charge is -2.10. The molecule has 2 aromatic heterocycles. The molecule has 3 aromatic rings. The van der Waals surface area contributed by atoms with Crippen molar-refractivity contribution >= 4 is 11.9 Å². The summed E-state index contributed by atoms with van der Waals surface area (Å²) < 4.78 is 8.37. The summed E-state index contributed by atoms with van der Waals surface area (Å²) in [5, 5.41) is 27.0. The van der Waals surface area contributed by atoms with Gasteiger partial charge in [0.2, 0.25) is 0 Å². The molecule has 11 nitrogen and oxygen atoms in total. The lowest BCUT2D eigenvalue weighted by molar-refractivity contribution is -0.137. The van der Waals surface area contributed by atoms with Gasteiger partial charge in [0.05, 0.1) is 30.2 Å². The van der Waals surface area contributed by atoms with E-state index in [9.17, 15) is 9.59 Å². The highest BCUT2D eigenvalue weighted by atomic mass is 16.5. The van der Waals surface area contributed by atoms with Crippen LogP contribution in [0.1, 0.15) is 35.7 Å². The van der Waals surface area contributed by atoms with E-state index in [1.54, 1.807) is 11.6 Å². The summed E-state index contributed by atoms with van der Waals surface area (Å²) >= 11 is 0. The fourth-order valence-corrected chi connectivity index (χ4v) is 2.61. The summed E-state index contributed by atoms with van der Waals surface area (Å²) in [4.78, 5) is 23.1. The van der Waals surface area contributed by atoms with Gasteiger partial charge in [-0.05, 0) is 45.0 Å². The number of aliphatic carboxylic acids is 1. The third-order valence-corrected chi connectivity index (χ3v) is 3.88. The van der Waals surface area contributed by atoms with Crippen molar-refractivity contribution < 1.29 is 19.4 Å². The number of hydrogen-bond donors (Lipinski definition) is 2. The van der Waals surface area contributed by atoms with Gasteiger partial charge < -0.3 is 15.2 Å². The van der Waals surface area contributed by atoms with Gasteiger partial charge in [-0.15, -0.1) is 10.2 Å². The van der Waals surface area contributed by atoms with Crippen molar-refractivity contribution in [2.75, 3.05) is 0 Å². The predicted molar refractivity (Wildman–Crippen MR) is 101 cm³/mol. The van der Waals surface area contributed by atoms with Crippen LogP contribution < -0.4 is 10.1 Å². The van der Waals surface area contributed by atoms with E-state index in [4.69, 9.17) is 9.84 Å². The Balaban J connectivity index is 1.66. The van der Waals surface area contributed by atoms with Crippen LogP contribution in [0.4, 0.5) is 0 Å². The molecule has 2 N–H and O–H groups in total. The number of carboxylic acid groups (broad SMARTS) is 1. The number of ether oxygens (including phenoxy) is 1. The lowest BCUT2D eigenvalue weighted by atomic mass is 10.2. The number of amides is 1. The summed E-state index contributed by atoms with van der Waals surface area (Å²) in [6.07, 6.45) is 1.54. The van der Waals surface area contributed by atoms with Crippen LogP contribution in [0.2, 0.25) is 0 Å². The van der Waals surface area contributed by atoms with E-state index in [0.29, 0.717) is 11.4 Å². The van der Waals surface area contributed by atoms with Gasteiger partial charge in [-0.2, -0.15) is 0 Å². The average Bonchev–Trinajstić information content (AvgIpc) is 3.26. The van der Waals surface area contributed by atoms with Gasteiger partial charge in [-0.3, -0.25) is 9.59 Å². The molecule has 0 radical (unpaired) electrons. The maximum Gasteiger partial charge on any atom is 0.325 e. The van der Waals surface area contributed by atoms with Gasteiger partial charge >= 0.3 is 5.97 Å². The highest BCUT2D eigenvalue weighted by molar-refractivity contribution is 5.93. The Hall–Kier alpha value is -3.76. The van der Waals surface area contributed by atoms with Crippen molar-refractivity contribution in [2.45, 2.75) is 40.0 Å². The minimum absolute atomic E-state index is 0.0787. The topological polar surface area (TPSA) is 137 Å². The third kappa shape index (κ3) is 4.94. The minimum atomic E-state index is -1.03. The molecule has 29 heavy (non-hydrogen) atoms. The van der Waals surface area contributed by atoms with Gasteiger partial charge in [-0.1, -0.05) is 10.4 Å². The van der Waals surface area contributed by atoms with Crippen LogP contribution in [0.5, 0.6) is 5.75 Å². The first-order chi connectivity index (χ1) is 13.8. The Labute approximate surface area is 166 Å². The largest absolute Gasteiger partial charge is 0.491 e. The van der Waals surface area contributed by atoms with Gasteiger partial charge in [0.25, 0.3) is 5.91 Å². The quantitative estimate of drug-likeness (QED) is 0.572. The molecule has 0 atom stereocenters. The van der Waals surface area contributed by atoms with Crippen molar-refractivity contribution in [2.24, 2.45) is 0 Å². The van der Waals surface area contributed by atoms with Crippen molar-refractivity contribution in [3.05, 3.63) is 47.5 Å². The normalized spacial score (nSPS) is 10.9. The average molecular weight is 399 g/mol. The molecule has 3 rings (SSSR count). The molecule has 0 saturated carbocycles. The second-order valence-corrected chi connectivity index (χ2v) is 6.58. The van der Waals surface area contributed by atoms with Crippen molar-refractivity contribution in [3.8, 4) is 11.4 Å². The Morgan fingerprint density at radius 3 is 2.55 bits per heavy atom. The molecule has 1 amide bonds. The third-order valence-electron chi connectivity index (χ3n) is 3.88. The number of hydrogen-bond acceptors (Lipinski definition) is 7. The zero-order chi connectivity index (χ0) is 21.0. The van der Waals surface area contributed by atoms with Gasteiger partial charge in [0.15, 0.2) is 5.69 Å². The summed E-state index contributed by atoms with van der Waals surface area (Å²) in [6, 6.07) is 7.33. The molecule has 1 aromatic carbocycles. The van der Waals surface area contributed by atoms with E-state index >= 15 is 0 Å². The lowest BCUT2D eigenvalue weighted by Crippen LogP contribution is -2.24. The first kappa shape index (κ1) is 20.0. The molecule has 152 valence electrons. The Morgan fingerprint density at radius 2 is 1.90 bits per heavy atom. The fraction of sp³-hybridized carbons (Fsp3) is 0.333. The molecule has 0 bridgehead atoms.